The molecule has 1 N–H and O–H groups in total. The Morgan fingerprint density at radius 2 is 1.71 bits per heavy atom. The summed E-state index contributed by atoms with van der Waals surface area (Å²) in [5.74, 6) is 0.524. The van der Waals surface area contributed by atoms with Gasteiger partial charge < -0.3 is 5.32 Å². The molecule has 0 aliphatic rings. The Labute approximate surface area is 99.7 Å². The zero-order valence-corrected chi connectivity index (χ0v) is 9.65. The van der Waals surface area contributed by atoms with Gasteiger partial charge in [0, 0.05) is 30.9 Å². The fourth-order valence-corrected chi connectivity index (χ4v) is 1.55. The molecule has 0 atom stereocenters. The fourth-order valence-electron chi connectivity index (χ4n) is 1.55. The van der Waals surface area contributed by atoms with E-state index in [2.05, 4.69) is 15.3 Å². The van der Waals surface area contributed by atoms with Gasteiger partial charge in [0.25, 0.3) is 0 Å². The second-order valence-corrected chi connectivity index (χ2v) is 3.84. The smallest absolute Gasteiger partial charge is 0.132 e. The molecule has 0 unspecified atom stereocenters. The first-order chi connectivity index (χ1) is 8.28. The maximum atomic E-state index is 12.7. The molecule has 0 amide bonds. The molecule has 4 heteroatoms. The average molecular weight is 231 g/mol. The van der Waals surface area contributed by atoms with Gasteiger partial charge in [0.15, 0.2) is 0 Å². The summed E-state index contributed by atoms with van der Waals surface area (Å²) in [6.07, 6.45) is 4.24. The lowest BCUT2D eigenvalue weighted by atomic mass is 10.1. The molecule has 0 bridgehead atoms. The summed E-state index contributed by atoms with van der Waals surface area (Å²) < 4.78 is 12.7. The third-order valence-corrected chi connectivity index (χ3v) is 2.42. The Bertz CT molecular complexity index is 465. The van der Waals surface area contributed by atoms with Crippen molar-refractivity contribution in [1.82, 2.24) is 15.3 Å². The van der Waals surface area contributed by atoms with Gasteiger partial charge in [-0.2, -0.15) is 0 Å². The van der Waals surface area contributed by atoms with E-state index >= 15 is 0 Å². The molecule has 0 saturated carbocycles. The quantitative estimate of drug-likeness (QED) is 0.873. The van der Waals surface area contributed by atoms with Gasteiger partial charge in [0.2, 0.25) is 0 Å². The van der Waals surface area contributed by atoms with Gasteiger partial charge in [-0.3, -0.25) is 0 Å². The lowest BCUT2D eigenvalue weighted by Gasteiger charge is -2.02. The van der Waals surface area contributed by atoms with Crippen LogP contribution in [0.3, 0.4) is 0 Å². The van der Waals surface area contributed by atoms with Crippen LogP contribution in [0, 0.1) is 5.82 Å². The van der Waals surface area contributed by atoms with Crippen molar-refractivity contribution in [2.75, 3.05) is 7.05 Å². The molecule has 0 aliphatic heterocycles. The summed E-state index contributed by atoms with van der Waals surface area (Å²) >= 11 is 0. The topological polar surface area (TPSA) is 37.8 Å². The third-order valence-electron chi connectivity index (χ3n) is 2.42. The SMILES string of the molecule is CNCc1cnc(Cc2ccc(F)cc2)nc1. The molecule has 2 rings (SSSR count). The standard InChI is InChI=1S/C13H14FN3/c1-15-7-11-8-16-13(17-9-11)6-10-2-4-12(14)5-3-10/h2-5,8-9,15H,6-7H2,1H3. The van der Waals surface area contributed by atoms with Gasteiger partial charge in [-0.05, 0) is 24.7 Å². The number of aromatic nitrogens is 2. The number of benzene rings is 1. The van der Waals surface area contributed by atoms with Gasteiger partial charge in [-0.25, -0.2) is 14.4 Å². The number of halogens is 1. The number of hydrogen-bond donors (Lipinski definition) is 1. The second-order valence-electron chi connectivity index (χ2n) is 3.84. The summed E-state index contributed by atoms with van der Waals surface area (Å²) in [6.45, 7) is 0.761. The Kier molecular flexibility index (Phi) is 3.77. The minimum Gasteiger partial charge on any atom is -0.316 e. The lowest BCUT2D eigenvalue weighted by Crippen LogP contribution is -2.07. The Balaban J connectivity index is 2.05. The van der Waals surface area contributed by atoms with Crippen molar-refractivity contribution in [3.05, 3.63) is 59.4 Å². The number of nitrogens with one attached hydrogen (secondary N) is 1. The first-order valence-electron chi connectivity index (χ1n) is 5.47. The van der Waals surface area contributed by atoms with Crippen LogP contribution < -0.4 is 5.32 Å². The van der Waals surface area contributed by atoms with Crippen molar-refractivity contribution in [2.24, 2.45) is 0 Å². The van der Waals surface area contributed by atoms with E-state index in [1.165, 1.54) is 12.1 Å². The zero-order chi connectivity index (χ0) is 12.1. The number of nitrogens with zero attached hydrogens (tertiary/aromatic N) is 2. The van der Waals surface area contributed by atoms with Crippen LogP contribution in [0.5, 0.6) is 0 Å². The maximum absolute atomic E-state index is 12.7. The molecular formula is C13H14FN3. The van der Waals surface area contributed by atoms with Crippen molar-refractivity contribution in [3.63, 3.8) is 0 Å². The minimum atomic E-state index is -0.223. The van der Waals surface area contributed by atoms with Crippen LogP contribution in [-0.4, -0.2) is 17.0 Å². The van der Waals surface area contributed by atoms with Crippen molar-refractivity contribution in [2.45, 2.75) is 13.0 Å². The Hall–Kier alpha value is -1.81. The van der Waals surface area contributed by atoms with E-state index in [0.29, 0.717) is 6.42 Å². The van der Waals surface area contributed by atoms with Crippen LogP contribution in [0.4, 0.5) is 4.39 Å². The number of rotatable bonds is 4. The zero-order valence-electron chi connectivity index (χ0n) is 9.65. The summed E-state index contributed by atoms with van der Waals surface area (Å²) in [6, 6.07) is 6.40. The van der Waals surface area contributed by atoms with Crippen LogP contribution in [-0.2, 0) is 13.0 Å². The molecule has 1 aromatic heterocycles. The van der Waals surface area contributed by atoms with Gasteiger partial charge in [-0.1, -0.05) is 12.1 Å². The van der Waals surface area contributed by atoms with E-state index in [1.807, 2.05) is 19.4 Å². The van der Waals surface area contributed by atoms with Crippen molar-refractivity contribution in [3.8, 4) is 0 Å². The molecule has 0 fully saturated rings. The Morgan fingerprint density at radius 3 is 2.29 bits per heavy atom. The first-order valence-corrected chi connectivity index (χ1v) is 5.47. The van der Waals surface area contributed by atoms with E-state index in [1.54, 1.807) is 12.1 Å². The lowest BCUT2D eigenvalue weighted by molar-refractivity contribution is 0.627. The minimum absolute atomic E-state index is 0.223. The van der Waals surface area contributed by atoms with Crippen LogP contribution in [0.1, 0.15) is 17.0 Å². The summed E-state index contributed by atoms with van der Waals surface area (Å²) in [5.41, 5.74) is 2.06. The highest BCUT2D eigenvalue weighted by Crippen LogP contribution is 2.07. The predicted octanol–water partition coefficient (Wildman–Crippen LogP) is 1.93. The average Bonchev–Trinajstić information content (AvgIpc) is 2.35. The molecule has 2 aromatic rings. The highest BCUT2D eigenvalue weighted by Gasteiger charge is 2.00. The molecule has 0 saturated heterocycles. The van der Waals surface area contributed by atoms with Crippen molar-refractivity contribution >= 4 is 0 Å². The first kappa shape index (κ1) is 11.7. The summed E-state index contributed by atoms with van der Waals surface area (Å²) in [5, 5.41) is 3.04. The van der Waals surface area contributed by atoms with E-state index in [-0.39, 0.29) is 5.82 Å². The monoisotopic (exact) mass is 231 g/mol. The van der Waals surface area contributed by atoms with E-state index in [9.17, 15) is 4.39 Å². The van der Waals surface area contributed by atoms with Crippen LogP contribution in [0.25, 0.3) is 0 Å². The summed E-state index contributed by atoms with van der Waals surface area (Å²) in [4.78, 5) is 8.54. The molecule has 17 heavy (non-hydrogen) atoms. The normalized spacial score (nSPS) is 10.5. The van der Waals surface area contributed by atoms with Gasteiger partial charge in [0.05, 0.1) is 0 Å². The predicted molar refractivity (Wildman–Crippen MR) is 64.0 cm³/mol. The molecule has 0 radical (unpaired) electrons. The van der Waals surface area contributed by atoms with E-state index < -0.39 is 0 Å². The maximum Gasteiger partial charge on any atom is 0.132 e. The molecule has 88 valence electrons. The molecule has 3 nitrogen and oxygen atoms in total. The van der Waals surface area contributed by atoms with E-state index in [4.69, 9.17) is 0 Å². The molecule has 1 aromatic carbocycles. The third kappa shape index (κ3) is 3.32. The van der Waals surface area contributed by atoms with Crippen molar-refractivity contribution in [1.29, 1.82) is 0 Å². The largest absolute Gasteiger partial charge is 0.316 e. The molecule has 1 heterocycles. The second kappa shape index (κ2) is 5.50. The van der Waals surface area contributed by atoms with Crippen LogP contribution in [0.15, 0.2) is 36.7 Å². The van der Waals surface area contributed by atoms with Gasteiger partial charge >= 0.3 is 0 Å². The van der Waals surface area contributed by atoms with Gasteiger partial charge in [-0.15, -0.1) is 0 Å². The van der Waals surface area contributed by atoms with Gasteiger partial charge in [0.1, 0.15) is 11.6 Å². The summed E-state index contributed by atoms with van der Waals surface area (Å²) in [7, 11) is 1.88. The van der Waals surface area contributed by atoms with Crippen LogP contribution >= 0.6 is 0 Å². The van der Waals surface area contributed by atoms with Crippen molar-refractivity contribution < 1.29 is 4.39 Å². The highest BCUT2D eigenvalue weighted by atomic mass is 19.1. The number of hydrogen-bond acceptors (Lipinski definition) is 3. The molecule has 0 spiro atoms. The highest BCUT2D eigenvalue weighted by molar-refractivity contribution is 5.20. The van der Waals surface area contributed by atoms with E-state index in [0.717, 1.165) is 23.5 Å². The molecular weight excluding hydrogens is 217 g/mol. The Morgan fingerprint density at radius 1 is 1.06 bits per heavy atom. The molecule has 0 aliphatic carbocycles. The van der Waals surface area contributed by atoms with Crippen LogP contribution in [0.2, 0.25) is 0 Å². The fraction of sp³-hybridized carbons (Fsp3) is 0.231.